The maximum absolute atomic E-state index is 12.2. The van der Waals surface area contributed by atoms with Gasteiger partial charge in [-0.3, -0.25) is 4.79 Å². The van der Waals surface area contributed by atoms with Gasteiger partial charge in [-0.15, -0.1) is 0 Å². The second kappa shape index (κ2) is 7.41. The number of carbonyl (C=O) groups excluding carboxylic acids is 1. The van der Waals surface area contributed by atoms with Crippen LogP contribution in [0.25, 0.3) is 0 Å². The Hall–Kier alpha value is -1.39. The van der Waals surface area contributed by atoms with Gasteiger partial charge in [0.05, 0.1) is 0 Å². The molecule has 4 nitrogen and oxygen atoms in total. The Kier molecular flexibility index (Phi) is 5.56. The van der Waals surface area contributed by atoms with E-state index in [9.17, 15) is 4.79 Å². The minimum absolute atomic E-state index is 0.221. The predicted octanol–water partition coefficient (Wildman–Crippen LogP) is 1.61. The van der Waals surface area contributed by atoms with Crippen LogP contribution < -0.4 is 5.73 Å². The van der Waals surface area contributed by atoms with E-state index in [1.165, 1.54) is 5.56 Å². The molecule has 2 atom stereocenters. The smallest absolute Gasteiger partial charge is 0.222 e. The van der Waals surface area contributed by atoms with Crippen molar-refractivity contribution in [3.63, 3.8) is 0 Å². The summed E-state index contributed by atoms with van der Waals surface area (Å²) in [6, 6.07) is 10.4. The zero-order valence-electron chi connectivity index (χ0n) is 12.1. The van der Waals surface area contributed by atoms with Gasteiger partial charge in [0.1, 0.15) is 0 Å². The largest absolute Gasteiger partial charge is 0.385 e. The third-order valence-corrected chi connectivity index (χ3v) is 4.06. The molecule has 1 fully saturated rings. The van der Waals surface area contributed by atoms with E-state index in [1.54, 1.807) is 7.11 Å². The van der Waals surface area contributed by atoms with Gasteiger partial charge in [0.25, 0.3) is 0 Å². The van der Waals surface area contributed by atoms with E-state index in [0.717, 1.165) is 19.5 Å². The van der Waals surface area contributed by atoms with Crippen molar-refractivity contribution in [2.24, 2.45) is 11.7 Å². The summed E-state index contributed by atoms with van der Waals surface area (Å²) < 4.78 is 5.00. The lowest BCUT2D eigenvalue weighted by atomic mass is 9.89. The number of methoxy groups -OCH3 is 1. The number of amides is 1. The van der Waals surface area contributed by atoms with Crippen LogP contribution in [0.2, 0.25) is 0 Å². The molecular formula is C16H24N2O2. The number of nitrogens with zero attached hydrogens (tertiary/aromatic N) is 1. The van der Waals surface area contributed by atoms with E-state index in [-0.39, 0.29) is 5.91 Å². The molecule has 0 radical (unpaired) electrons. The van der Waals surface area contributed by atoms with Gasteiger partial charge in [-0.1, -0.05) is 30.3 Å². The molecule has 110 valence electrons. The fourth-order valence-corrected chi connectivity index (χ4v) is 2.92. The summed E-state index contributed by atoms with van der Waals surface area (Å²) in [5.41, 5.74) is 7.17. The maximum atomic E-state index is 12.2. The molecule has 0 aromatic heterocycles. The highest BCUT2D eigenvalue weighted by atomic mass is 16.5. The molecular weight excluding hydrogens is 252 g/mol. The van der Waals surface area contributed by atoms with Crippen LogP contribution in [-0.2, 0) is 9.53 Å². The van der Waals surface area contributed by atoms with Crippen LogP contribution in [0.4, 0.5) is 0 Å². The first-order chi connectivity index (χ1) is 9.76. The Morgan fingerprint density at radius 2 is 2.10 bits per heavy atom. The van der Waals surface area contributed by atoms with Crippen LogP contribution in [0.5, 0.6) is 0 Å². The molecule has 1 amide bonds. The van der Waals surface area contributed by atoms with Gasteiger partial charge >= 0.3 is 0 Å². The van der Waals surface area contributed by atoms with E-state index >= 15 is 0 Å². The summed E-state index contributed by atoms with van der Waals surface area (Å²) in [7, 11) is 1.66. The molecule has 1 aromatic carbocycles. The zero-order chi connectivity index (χ0) is 14.4. The maximum Gasteiger partial charge on any atom is 0.222 e. The lowest BCUT2D eigenvalue weighted by Gasteiger charge is -2.16. The monoisotopic (exact) mass is 276 g/mol. The SMILES string of the molecule is COCCCC(=O)N1C[C@@H](CN)[C@H](c2ccccc2)C1. The molecule has 0 spiro atoms. The molecule has 1 heterocycles. The number of hydrogen-bond donors (Lipinski definition) is 1. The highest BCUT2D eigenvalue weighted by Crippen LogP contribution is 2.32. The van der Waals surface area contributed by atoms with E-state index in [0.29, 0.717) is 31.4 Å². The van der Waals surface area contributed by atoms with Gasteiger partial charge in [-0.2, -0.15) is 0 Å². The standard InChI is InChI=1S/C16H24N2O2/c1-20-9-5-8-16(19)18-11-14(10-17)15(12-18)13-6-3-2-4-7-13/h2-4,6-7,14-15H,5,8-12,17H2,1H3/t14-,15+/m1/s1. The van der Waals surface area contributed by atoms with Crippen molar-refractivity contribution in [3.05, 3.63) is 35.9 Å². The Labute approximate surface area is 120 Å². The fourth-order valence-electron chi connectivity index (χ4n) is 2.92. The van der Waals surface area contributed by atoms with E-state index in [4.69, 9.17) is 10.5 Å². The molecule has 2 N–H and O–H groups in total. The van der Waals surface area contributed by atoms with E-state index < -0.39 is 0 Å². The molecule has 0 bridgehead atoms. The van der Waals surface area contributed by atoms with Crippen LogP contribution in [0, 0.1) is 5.92 Å². The van der Waals surface area contributed by atoms with E-state index in [1.807, 2.05) is 23.1 Å². The van der Waals surface area contributed by atoms with Crippen LogP contribution in [0.15, 0.2) is 30.3 Å². The van der Waals surface area contributed by atoms with Crippen LogP contribution in [0.1, 0.15) is 24.3 Å². The average molecular weight is 276 g/mol. The van der Waals surface area contributed by atoms with Crippen molar-refractivity contribution in [2.75, 3.05) is 33.4 Å². The van der Waals surface area contributed by atoms with Crippen molar-refractivity contribution in [1.82, 2.24) is 4.90 Å². The number of hydrogen-bond acceptors (Lipinski definition) is 3. The molecule has 4 heteroatoms. The predicted molar refractivity (Wildman–Crippen MR) is 79.4 cm³/mol. The summed E-state index contributed by atoms with van der Waals surface area (Å²) >= 11 is 0. The molecule has 20 heavy (non-hydrogen) atoms. The molecule has 0 unspecified atom stereocenters. The molecule has 2 rings (SSSR count). The number of likely N-dealkylation sites (tertiary alicyclic amines) is 1. The lowest BCUT2D eigenvalue weighted by Crippen LogP contribution is -2.29. The highest BCUT2D eigenvalue weighted by molar-refractivity contribution is 5.76. The summed E-state index contributed by atoms with van der Waals surface area (Å²) in [5.74, 6) is 0.954. The van der Waals surface area contributed by atoms with Crippen molar-refractivity contribution < 1.29 is 9.53 Å². The molecule has 0 saturated carbocycles. The molecule has 1 aromatic rings. The van der Waals surface area contributed by atoms with Gasteiger partial charge < -0.3 is 15.4 Å². The van der Waals surface area contributed by atoms with Gasteiger partial charge in [-0.05, 0) is 24.4 Å². The van der Waals surface area contributed by atoms with Crippen LogP contribution in [-0.4, -0.2) is 44.2 Å². The zero-order valence-corrected chi connectivity index (χ0v) is 12.1. The molecule has 1 saturated heterocycles. The Balaban J connectivity index is 1.97. The van der Waals surface area contributed by atoms with Gasteiger partial charge in [0.15, 0.2) is 0 Å². The number of carbonyl (C=O) groups is 1. The highest BCUT2D eigenvalue weighted by Gasteiger charge is 2.34. The minimum Gasteiger partial charge on any atom is -0.385 e. The summed E-state index contributed by atoms with van der Waals surface area (Å²) in [6.07, 6.45) is 1.35. The minimum atomic E-state index is 0.221. The van der Waals surface area contributed by atoms with Crippen LogP contribution >= 0.6 is 0 Å². The average Bonchev–Trinajstić information content (AvgIpc) is 2.92. The topological polar surface area (TPSA) is 55.6 Å². The summed E-state index contributed by atoms with van der Waals surface area (Å²) in [4.78, 5) is 14.2. The Morgan fingerprint density at radius 3 is 2.75 bits per heavy atom. The normalized spacial score (nSPS) is 22.2. The molecule has 1 aliphatic heterocycles. The van der Waals surface area contributed by atoms with Crippen molar-refractivity contribution >= 4 is 5.91 Å². The fraction of sp³-hybridized carbons (Fsp3) is 0.562. The summed E-state index contributed by atoms with van der Waals surface area (Å²) in [6.45, 7) is 2.84. The molecule has 0 aliphatic carbocycles. The quantitative estimate of drug-likeness (QED) is 0.803. The van der Waals surface area contributed by atoms with Gasteiger partial charge in [0, 0.05) is 39.1 Å². The third-order valence-electron chi connectivity index (χ3n) is 4.06. The second-order valence-corrected chi connectivity index (χ2v) is 5.41. The van der Waals surface area contributed by atoms with Crippen molar-refractivity contribution in [2.45, 2.75) is 18.8 Å². The number of benzene rings is 1. The lowest BCUT2D eigenvalue weighted by molar-refractivity contribution is -0.130. The number of rotatable bonds is 6. The Bertz CT molecular complexity index is 422. The first-order valence-corrected chi connectivity index (χ1v) is 7.28. The van der Waals surface area contributed by atoms with Crippen molar-refractivity contribution in [1.29, 1.82) is 0 Å². The van der Waals surface area contributed by atoms with Crippen molar-refractivity contribution in [3.8, 4) is 0 Å². The first kappa shape index (κ1) is 15.0. The van der Waals surface area contributed by atoms with Crippen LogP contribution in [0.3, 0.4) is 0 Å². The summed E-state index contributed by atoms with van der Waals surface area (Å²) in [5, 5.41) is 0. The Morgan fingerprint density at radius 1 is 1.35 bits per heavy atom. The van der Waals surface area contributed by atoms with E-state index in [2.05, 4.69) is 12.1 Å². The molecule has 1 aliphatic rings. The third kappa shape index (κ3) is 3.58. The van der Waals surface area contributed by atoms with Gasteiger partial charge in [-0.25, -0.2) is 0 Å². The second-order valence-electron chi connectivity index (χ2n) is 5.41. The number of ether oxygens (including phenoxy) is 1. The van der Waals surface area contributed by atoms with Gasteiger partial charge in [0.2, 0.25) is 5.91 Å². The first-order valence-electron chi connectivity index (χ1n) is 7.28. The number of nitrogens with two attached hydrogens (primary N) is 1.